The fourth-order valence-electron chi connectivity index (χ4n) is 3.49. The highest BCUT2D eigenvalue weighted by molar-refractivity contribution is 6.00. The standard InChI is InChI=1S/C25H28N2O7/c1-3-11-27-12-13-33-22(24(27)30)15-23(29)26-19-9-7-17(8-10-19)25(31)34-16-21(28)18-5-4-6-20(14-18)32-2/h4-10,14,22H,3,11-13,15-16H2,1-2H3,(H,26,29). The molecule has 0 aromatic heterocycles. The topological polar surface area (TPSA) is 111 Å². The first-order valence-electron chi connectivity index (χ1n) is 11.1. The molecule has 0 saturated carbocycles. The lowest BCUT2D eigenvalue weighted by atomic mass is 10.1. The summed E-state index contributed by atoms with van der Waals surface area (Å²) in [6, 6.07) is 12.6. The highest BCUT2D eigenvalue weighted by Gasteiger charge is 2.30. The van der Waals surface area contributed by atoms with Crippen molar-refractivity contribution in [2.24, 2.45) is 0 Å². The number of hydrogen-bond acceptors (Lipinski definition) is 7. The number of Topliss-reactive ketones (excluding diaryl/α,β-unsaturated/α-hetero) is 1. The number of ether oxygens (including phenoxy) is 3. The fourth-order valence-corrected chi connectivity index (χ4v) is 3.49. The van der Waals surface area contributed by atoms with E-state index in [0.29, 0.717) is 36.7 Å². The van der Waals surface area contributed by atoms with Crippen molar-refractivity contribution < 1.29 is 33.4 Å². The molecule has 0 radical (unpaired) electrons. The van der Waals surface area contributed by atoms with Gasteiger partial charge in [0.05, 0.1) is 25.7 Å². The van der Waals surface area contributed by atoms with Crippen LogP contribution in [-0.4, -0.2) is 68.0 Å². The van der Waals surface area contributed by atoms with E-state index >= 15 is 0 Å². The number of anilines is 1. The van der Waals surface area contributed by atoms with Gasteiger partial charge in [-0.15, -0.1) is 0 Å². The van der Waals surface area contributed by atoms with Crippen LogP contribution < -0.4 is 10.1 Å². The van der Waals surface area contributed by atoms with Gasteiger partial charge in [-0.2, -0.15) is 0 Å². The largest absolute Gasteiger partial charge is 0.497 e. The van der Waals surface area contributed by atoms with Crippen molar-refractivity contribution in [1.82, 2.24) is 4.90 Å². The Hall–Kier alpha value is -3.72. The van der Waals surface area contributed by atoms with Crippen molar-refractivity contribution >= 4 is 29.3 Å². The Morgan fingerprint density at radius 3 is 2.59 bits per heavy atom. The highest BCUT2D eigenvalue weighted by Crippen LogP contribution is 2.16. The first kappa shape index (κ1) is 24.9. The molecule has 1 N–H and O–H groups in total. The first-order valence-corrected chi connectivity index (χ1v) is 11.1. The van der Waals surface area contributed by atoms with Gasteiger partial charge in [0.25, 0.3) is 5.91 Å². The lowest BCUT2D eigenvalue weighted by Gasteiger charge is -2.32. The maximum absolute atomic E-state index is 12.4. The third kappa shape index (κ3) is 6.64. The monoisotopic (exact) mass is 468 g/mol. The van der Waals surface area contributed by atoms with Crippen LogP contribution in [0.1, 0.15) is 40.5 Å². The molecule has 1 fully saturated rings. The van der Waals surface area contributed by atoms with Crippen LogP contribution in [0.4, 0.5) is 5.69 Å². The number of carbonyl (C=O) groups is 4. The lowest BCUT2D eigenvalue weighted by molar-refractivity contribution is -0.155. The van der Waals surface area contributed by atoms with Crippen LogP contribution in [0.2, 0.25) is 0 Å². The van der Waals surface area contributed by atoms with Crippen molar-refractivity contribution in [3.8, 4) is 5.75 Å². The minimum atomic E-state index is -0.795. The Kier molecular flexibility index (Phi) is 8.75. The summed E-state index contributed by atoms with van der Waals surface area (Å²) in [4.78, 5) is 51.0. The Bertz CT molecular complexity index is 1030. The number of rotatable bonds is 10. The van der Waals surface area contributed by atoms with Crippen molar-refractivity contribution in [3.63, 3.8) is 0 Å². The molecule has 1 aliphatic rings. The second-order valence-electron chi connectivity index (χ2n) is 7.75. The van der Waals surface area contributed by atoms with Gasteiger partial charge in [0.1, 0.15) is 11.9 Å². The molecule has 1 aliphatic heterocycles. The third-order valence-corrected chi connectivity index (χ3v) is 5.26. The quantitative estimate of drug-likeness (QED) is 0.422. The molecule has 1 heterocycles. The Morgan fingerprint density at radius 2 is 1.88 bits per heavy atom. The average Bonchev–Trinajstić information content (AvgIpc) is 2.85. The maximum atomic E-state index is 12.4. The van der Waals surface area contributed by atoms with E-state index in [0.717, 1.165) is 6.42 Å². The number of carbonyl (C=O) groups excluding carboxylic acids is 4. The second-order valence-corrected chi connectivity index (χ2v) is 7.75. The van der Waals surface area contributed by atoms with Gasteiger partial charge in [0.15, 0.2) is 12.4 Å². The van der Waals surface area contributed by atoms with Crippen LogP contribution in [0.25, 0.3) is 0 Å². The molecule has 9 nitrogen and oxygen atoms in total. The Balaban J connectivity index is 1.49. The summed E-state index contributed by atoms with van der Waals surface area (Å²) >= 11 is 0. The Labute approximate surface area is 198 Å². The van der Waals surface area contributed by atoms with Gasteiger partial charge in [0.2, 0.25) is 5.91 Å². The second kappa shape index (κ2) is 11.9. The predicted molar refractivity (Wildman–Crippen MR) is 124 cm³/mol. The van der Waals surface area contributed by atoms with Crippen LogP contribution in [0.15, 0.2) is 48.5 Å². The van der Waals surface area contributed by atoms with E-state index in [2.05, 4.69) is 5.32 Å². The van der Waals surface area contributed by atoms with Crippen LogP contribution >= 0.6 is 0 Å². The van der Waals surface area contributed by atoms with E-state index in [1.165, 1.54) is 19.2 Å². The van der Waals surface area contributed by atoms with Gasteiger partial charge in [-0.25, -0.2) is 4.79 Å². The number of esters is 1. The summed E-state index contributed by atoms with van der Waals surface area (Å²) in [5, 5.41) is 2.70. The SMILES string of the molecule is CCCN1CCOC(CC(=O)Nc2ccc(C(=O)OCC(=O)c3cccc(OC)c3)cc2)C1=O. The normalized spacial score (nSPS) is 15.5. The van der Waals surface area contributed by atoms with Crippen molar-refractivity contribution in [1.29, 1.82) is 0 Å². The van der Waals surface area contributed by atoms with Gasteiger partial charge < -0.3 is 24.4 Å². The highest BCUT2D eigenvalue weighted by atomic mass is 16.5. The fraction of sp³-hybridized carbons (Fsp3) is 0.360. The number of amides is 2. The molecule has 2 aromatic rings. The van der Waals surface area contributed by atoms with Crippen LogP contribution in [0.3, 0.4) is 0 Å². The number of morpholine rings is 1. The molecule has 1 atom stereocenters. The molecular weight excluding hydrogens is 440 g/mol. The molecule has 1 unspecified atom stereocenters. The van der Waals surface area contributed by atoms with Crippen LogP contribution in [-0.2, 0) is 19.1 Å². The van der Waals surface area contributed by atoms with E-state index in [1.54, 1.807) is 41.3 Å². The number of hydrogen-bond donors (Lipinski definition) is 1. The summed E-state index contributed by atoms with van der Waals surface area (Å²) in [6.07, 6.45) is -0.0410. The summed E-state index contributed by atoms with van der Waals surface area (Å²) in [5.41, 5.74) is 1.07. The zero-order valence-electron chi connectivity index (χ0n) is 19.2. The molecule has 0 bridgehead atoms. The minimum Gasteiger partial charge on any atom is -0.497 e. The third-order valence-electron chi connectivity index (χ3n) is 5.26. The summed E-state index contributed by atoms with van der Waals surface area (Å²) in [5.74, 6) is -1.02. The van der Waals surface area contributed by atoms with Crippen LogP contribution in [0.5, 0.6) is 5.75 Å². The van der Waals surface area contributed by atoms with Gasteiger partial charge in [-0.1, -0.05) is 19.1 Å². The van der Waals surface area contributed by atoms with Gasteiger partial charge in [-0.05, 0) is 42.8 Å². The van der Waals surface area contributed by atoms with Gasteiger partial charge >= 0.3 is 5.97 Å². The molecule has 0 aliphatic carbocycles. The van der Waals surface area contributed by atoms with Gasteiger partial charge in [-0.3, -0.25) is 14.4 Å². The zero-order valence-corrected chi connectivity index (χ0v) is 19.2. The number of ketones is 1. The van der Waals surface area contributed by atoms with Crippen molar-refractivity contribution in [2.75, 3.05) is 38.7 Å². The first-order chi connectivity index (χ1) is 16.4. The average molecular weight is 469 g/mol. The van der Waals surface area contributed by atoms with E-state index in [9.17, 15) is 19.2 Å². The summed E-state index contributed by atoms with van der Waals surface area (Å²) in [7, 11) is 1.50. The van der Waals surface area contributed by atoms with Crippen LogP contribution in [0, 0.1) is 0 Å². The molecule has 1 saturated heterocycles. The Morgan fingerprint density at radius 1 is 1.12 bits per heavy atom. The molecule has 3 rings (SSSR count). The maximum Gasteiger partial charge on any atom is 0.338 e. The zero-order chi connectivity index (χ0) is 24.5. The molecule has 2 amide bonds. The molecule has 2 aromatic carbocycles. The molecule has 9 heteroatoms. The van der Waals surface area contributed by atoms with E-state index in [-0.39, 0.29) is 29.6 Å². The summed E-state index contributed by atoms with van der Waals surface area (Å²) in [6.45, 7) is 3.16. The smallest absolute Gasteiger partial charge is 0.338 e. The number of methoxy groups -OCH3 is 1. The molecule has 34 heavy (non-hydrogen) atoms. The van der Waals surface area contributed by atoms with E-state index < -0.39 is 18.7 Å². The minimum absolute atomic E-state index is 0.0881. The predicted octanol–water partition coefficient (Wildman–Crippen LogP) is 2.70. The molecule has 0 spiro atoms. The number of nitrogens with one attached hydrogen (secondary N) is 1. The van der Waals surface area contributed by atoms with Gasteiger partial charge in [0, 0.05) is 24.3 Å². The van der Waals surface area contributed by atoms with E-state index in [4.69, 9.17) is 14.2 Å². The van der Waals surface area contributed by atoms with Crippen molar-refractivity contribution in [3.05, 3.63) is 59.7 Å². The lowest BCUT2D eigenvalue weighted by Crippen LogP contribution is -2.49. The number of nitrogens with zero attached hydrogens (tertiary/aromatic N) is 1. The number of benzene rings is 2. The molecule has 180 valence electrons. The van der Waals surface area contributed by atoms with Crippen molar-refractivity contribution in [2.45, 2.75) is 25.9 Å². The molecular formula is C25H28N2O7. The van der Waals surface area contributed by atoms with E-state index in [1.807, 2.05) is 6.92 Å². The summed E-state index contributed by atoms with van der Waals surface area (Å²) < 4.78 is 15.7.